The average Bonchev–Trinajstić information content (AvgIpc) is 3.78. The van der Waals surface area contributed by atoms with E-state index in [0.717, 1.165) is 86.7 Å². The van der Waals surface area contributed by atoms with Crippen molar-refractivity contribution in [3.05, 3.63) is 93.0 Å². The van der Waals surface area contributed by atoms with Crippen molar-refractivity contribution >= 4 is 46.8 Å². The van der Waals surface area contributed by atoms with Crippen LogP contribution in [0.1, 0.15) is 114 Å². The van der Waals surface area contributed by atoms with E-state index in [9.17, 15) is 29.2 Å². The fraction of sp³-hybridized carbons (Fsp3) is 0.489. The number of hydrogen-bond acceptors (Lipinski definition) is 10. The summed E-state index contributed by atoms with van der Waals surface area (Å²) in [7, 11) is 0. The van der Waals surface area contributed by atoms with Crippen molar-refractivity contribution in [3.63, 3.8) is 0 Å². The fourth-order valence-corrected chi connectivity index (χ4v) is 11.6. The van der Waals surface area contributed by atoms with E-state index in [-0.39, 0.29) is 47.6 Å². The normalized spacial score (nSPS) is 25.4. The van der Waals surface area contributed by atoms with Crippen LogP contribution in [0, 0.1) is 22.2 Å². The molecule has 5 aliphatic heterocycles. The summed E-state index contributed by atoms with van der Waals surface area (Å²) in [6.07, 6.45) is 4.36. The van der Waals surface area contributed by atoms with Gasteiger partial charge in [0.15, 0.2) is 0 Å². The zero-order valence-electron chi connectivity index (χ0n) is 35.1. The summed E-state index contributed by atoms with van der Waals surface area (Å²) in [5.41, 5.74) is 4.28. The van der Waals surface area contributed by atoms with Gasteiger partial charge in [0.2, 0.25) is 11.8 Å². The minimum absolute atomic E-state index is 0.101. The van der Waals surface area contributed by atoms with Crippen LogP contribution < -0.4 is 20.3 Å². The van der Waals surface area contributed by atoms with Crippen LogP contribution in [0.15, 0.2) is 54.6 Å². The lowest BCUT2D eigenvalue weighted by Crippen LogP contribution is -2.74. The molecule has 3 aromatic carbocycles. The molecule has 3 aromatic rings. The highest BCUT2D eigenvalue weighted by Gasteiger charge is 2.64. The number of carbonyl (C=O) groups excluding carboxylic acids is 5. The molecule has 5 heterocycles. The number of fused-ring (bicyclic) bond motifs is 2. The van der Waals surface area contributed by atoms with Crippen LogP contribution in [-0.2, 0) is 22.7 Å². The third kappa shape index (κ3) is 7.26. The minimum Gasteiger partial charge on any atom is -0.489 e. The summed E-state index contributed by atoms with van der Waals surface area (Å²) in [4.78, 5) is 73.0. The Kier molecular flexibility index (Phi) is 10.5. The predicted molar refractivity (Wildman–Crippen MR) is 228 cm³/mol. The number of anilines is 1. The SMILES string of the molecule is CC1(C)C(NC(=O)c2ccc(N3CCC(N4CCC(N5Cc6cc7c(cc6C5)C(=O)N([C@@H]5CCC(=O)NC5=O)C7=O)CC4)CC3)cc2)C(C)(C)C1Oc1ccc(C#N)c(Cl)c1. The summed E-state index contributed by atoms with van der Waals surface area (Å²) < 4.78 is 6.39. The van der Waals surface area contributed by atoms with E-state index in [1.54, 1.807) is 18.2 Å². The Morgan fingerprint density at radius 2 is 1.39 bits per heavy atom. The lowest BCUT2D eigenvalue weighted by molar-refractivity contribution is -0.164. The quantitative estimate of drug-likeness (QED) is 0.271. The van der Waals surface area contributed by atoms with Gasteiger partial charge in [0.1, 0.15) is 24.0 Å². The lowest BCUT2D eigenvalue weighted by atomic mass is 9.49. The van der Waals surface area contributed by atoms with Gasteiger partial charge in [-0.05, 0) is 105 Å². The van der Waals surface area contributed by atoms with Crippen molar-refractivity contribution in [2.45, 2.75) is 110 Å². The van der Waals surface area contributed by atoms with Crippen LogP contribution in [0.5, 0.6) is 5.75 Å². The number of carbonyl (C=O) groups is 5. The van der Waals surface area contributed by atoms with Crippen LogP contribution in [0.4, 0.5) is 5.69 Å². The Bertz CT molecular complexity index is 2300. The predicted octanol–water partition coefficient (Wildman–Crippen LogP) is 5.67. The first kappa shape index (κ1) is 41.1. The number of likely N-dealkylation sites (tertiary alicyclic amines) is 1. The third-order valence-electron chi connectivity index (χ3n) is 14.4. The van der Waals surface area contributed by atoms with E-state index in [4.69, 9.17) is 16.3 Å². The fourth-order valence-electron chi connectivity index (χ4n) is 11.4. The number of hydrogen-bond donors (Lipinski definition) is 2. The van der Waals surface area contributed by atoms with Gasteiger partial charge in [-0.15, -0.1) is 0 Å². The number of nitriles is 1. The number of ether oxygens (including phenoxy) is 1. The summed E-state index contributed by atoms with van der Waals surface area (Å²) in [5, 5.41) is 15.1. The zero-order chi connectivity index (χ0) is 43.0. The molecular weight excluding hydrogens is 794 g/mol. The van der Waals surface area contributed by atoms with E-state index >= 15 is 0 Å². The highest BCUT2D eigenvalue weighted by molar-refractivity contribution is 6.31. The molecule has 9 rings (SSSR count). The van der Waals surface area contributed by atoms with Gasteiger partial charge in [-0.3, -0.25) is 39.1 Å². The van der Waals surface area contributed by atoms with Crippen molar-refractivity contribution in [3.8, 4) is 11.8 Å². The summed E-state index contributed by atoms with van der Waals surface area (Å²) in [6.45, 7) is 13.8. The van der Waals surface area contributed by atoms with Crippen LogP contribution in [0.3, 0.4) is 0 Å². The van der Waals surface area contributed by atoms with Crippen LogP contribution in [0.2, 0.25) is 5.02 Å². The van der Waals surface area contributed by atoms with E-state index in [0.29, 0.717) is 45.1 Å². The molecule has 4 fully saturated rings. The van der Waals surface area contributed by atoms with Crippen LogP contribution in [0.25, 0.3) is 0 Å². The van der Waals surface area contributed by atoms with Gasteiger partial charge in [-0.25, -0.2) is 0 Å². The molecule has 1 aliphatic carbocycles. The molecule has 0 unspecified atom stereocenters. The largest absolute Gasteiger partial charge is 0.489 e. The van der Waals surface area contributed by atoms with Gasteiger partial charge < -0.3 is 19.9 Å². The van der Waals surface area contributed by atoms with Gasteiger partial charge in [0.05, 0.1) is 21.7 Å². The molecule has 13 nitrogen and oxygen atoms in total. The number of amides is 5. The van der Waals surface area contributed by atoms with Gasteiger partial charge in [-0.1, -0.05) is 39.3 Å². The van der Waals surface area contributed by atoms with Crippen molar-refractivity contribution < 1.29 is 28.7 Å². The molecule has 0 aromatic heterocycles. The minimum atomic E-state index is -0.958. The second-order valence-electron chi connectivity index (χ2n) is 18.9. The molecule has 0 bridgehead atoms. The topological polar surface area (TPSA) is 155 Å². The van der Waals surface area contributed by atoms with Crippen LogP contribution >= 0.6 is 11.6 Å². The highest BCUT2D eigenvalue weighted by Crippen LogP contribution is 2.55. The maximum atomic E-state index is 13.5. The number of rotatable bonds is 8. The molecule has 61 heavy (non-hydrogen) atoms. The first-order chi connectivity index (χ1) is 29.1. The molecule has 318 valence electrons. The van der Waals surface area contributed by atoms with Crippen LogP contribution in [-0.4, -0.2) is 101 Å². The molecule has 1 saturated carbocycles. The van der Waals surface area contributed by atoms with E-state index in [1.165, 1.54) is 0 Å². The van der Waals surface area contributed by atoms with Crippen molar-refractivity contribution in [1.82, 2.24) is 25.3 Å². The average molecular weight is 846 g/mol. The Hall–Kier alpha value is -5.29. The summed E-state index contributed by atoms with van der Waals surface area (Å²) >= 11 is 6.26. The van der Waals surface area contributed by atoms with E-state index < -0.39 is 23.8 Å². The highest BCUT2D eigenvalue weighted by atomic mass is 35.5. The standard InChI is InChI=1S/C47H52ClN7O6/c1-46(2)44(47(3,4)45(46)61-34-10-7-28(24-49)37(48)23-34)51-40(57)27-5-8-31(9-6-27)52-17-13-32(14-18-52)53-19-15-33(16-20-53)54-25-29-21-35-36(22-30(29)26-54)43(60)55(42(35)59)38-11-12-39(56)50-41(38)58/h5-10,21-23,32-33,38,44-45H,11-20,25-26H2,1-4H3,(H,51,57)(H,50,56,58)/t38-,44?,45?/m1/s1. The zero-order valence-corrected chi connectivity index (χ0v) is 35.9. The lowest BCUT2D eigenvalue weighted by Gasteiger charge is -2.63. The Morgan fingerprint density at radius 3 is 1.97 bits per heavy atom. The maximum absolute atomic E-state index is 13.5. The number of halogens is 1. The molecular formula is C47H52ClN7O6. The maximum Gasteiger partial charge on any atom is 0.262 e. The Morgan fingerprint density at radius 1 is 0.803 bits per heavy atom. The van der Waals surface area contributed by atoms with Gasteiger partial charge in [0, 0.05) is 78.9 Å². The van der Waals surface area contributed by atoms with Crippen molar-refractivity contribution in [2.75, 3.05) is 31.1 Å². The molecule has 2 N–H and O–H groups in total. The molecule has 1 atom stereocenters. The van der Waals surface area contributed by atoms with E-state index in [2.05, 4.69) is 71.2 Å². The number of imide groups is 2. The smallest absolute Gasteiger partial charge is 0.262 e. The first-order valence-electron chi connectivity index (χ1n) is 21.5. The third-order valence-corrected chi connectivity index (χ3v) is 14.7. The van der Waals surface area contributed by atoms with Crippen molar-refractivity contribution in [1.29, 1.82) is 5.26 Å². The Balaban J connectivity index is 0.735. The molecule has 3 saturated heterocycles. The second-order valence-corrected chi connectivity index (χ2v) is 19.3. The van der Waals surface area contributed by atoms with Gasteiger partial charge in [0.25, 0.3) is 17.7 Å². The van der Waals surface area contributed by atoms with Gasteiger partial charge in [-0.2, -0.15) is 5.26 Å². The number of nitrogens with zero attached hydrogens (tertiary/aromatic N) is 5. The summed E-state index contributed by atoms with van der Waals surface area (Å²) in [6, 6.07) is 18.7. The number of piperidine rings is 3. The monoisotopic (exact) mass is 845 g/mol. The first-order valence-corrected chi connectivity index (χ1v) is 21.9. The Labute approximate surface area is 361 Å². The second kappa shape index (κ2) is 15.6. The van der Waals surface area contributed by atoms with Crippen molar-refractivity contribution in [2.24, 2.45) is 10.8 Å². The molecule has 5 amide bonds. The number of benzene rings is 3. The van der Waals surface area contributed by atoms with E-state index in [1.807, 2.05) is 24.3 Å². The molecule has 14 heteroatoms. The molecule has 6 aliphatic rings. The van der Waals surface area contributed by atoms with Gasteiger partial charge >= 0.3 is 0 Å². The molecule has 0 radical (unpaired) electrons. The summed E-state index contributed by atoms with van der Waals surface area (Å²) in [5.74, 6) is -1.39. The molecule has 0 spiro atoms. The number of nitrogens with one attached hydrogen (secondary N) is 2.